The number of nitrogens with one attached hydrogen (secondary N) is 1. The summed E-state index contributed by atoms with van der Waals surface area (Å²) in [5.74, 6) is -1.08. The number of nitrogens with zero attached hydrogens (tertiary/aromatic N) is 8. The number of rotatable bonds is 11. The molecular weight excluding hydrogens is 806 g/mol. The van der Waals surface area contributed by atoms with Gasteiger partial charge in [-0.2, -0.15) is 10.2 Å². The topological polar surface area (TPSA) is 132 Å². The SMILES string of the molecule is CN(C)C(=O)c1cc2c(-c3ccc(N4CCN(CCc5cccc6c(C7CCC(O)NC7=O)nn(C)c56)CC4)cc3)cc(C3=CCCN(C(=O)CCn4cccn4)C3)c(F)c2s1. The van der Waals surface area contributed by atoms with E-state index in [9.17, 15) is 19.5 Å². The van der Waals surface area contributed by atoms with Gasteiger partial charge in [0.25, 0.3) is 5.91 Å². The summed E-state index contributed by atoms with van der Waals surface area (Å²) in [6, 6.07) is 20.2. The Labute approximate surface area is 364 Å². The summed E-state index contributed by atoms with van der Waals surface area (Å²) >= 11 is 1.17. The highest BCUT2D eigenvalue weighted by Gasteiger charge is 2.32. The largest absolute Gasteiger partial charge is 0.374 e. The molecule has 2 unspecified atom stereocenters. The highest BCUT2D eigenvalue weighted by atomic mass is 32.1. The Kier molecular flexibility index (Phi) is 11.7. The monoisotopic (exact) mass is 857 g/mol. The maximum Gasteiger partial charge on any atom is 0.263 e. The van der Waals surface area contributed by atoms with E-state index < -0.39 is 6.23 Å². The first-order chi connectivity index (χ1) is 30.0. The molecule has 3 aromatic carbocycles. The van der Waals surface area contributed by atoms with Crippen LogP contribution in [0.2, 0.25) is 0 Å². The third kappa shape index (κ3) is 8.24. The molecule has 0 spiro atoms. The number of aliphatic hydroxyl groups excluding tert-OH is 1. The molecule has 2 fully saturated rings. The predicted molar refractivity (Wildman–Crippen MR) is 240 cm³/mol. The Bertz CT molecular complexity index is 2660. The molecule has 0 radical (unpaired) electrons. The van der Waals surface area contributed by atoms with E-state index in [1.54, 1.807) is 29.9 Å². The van der Waals surface area contributed by atoms with Crippen molar-refractivity contribution < 1.29 is 23.9 Å². The van der Waals surface area contributed by atoms with Crippen molar-refractivity contribution >= 4 is 61.3 Å². The zero-order chi connectivity index (χ0) is 43.1. The van der Waals surface area contributed by atoms with E-state index >= 15 is 4.39 Å². The van der Waals surface area contributed by atoms with Gasteiger partial charge in [0.1, 0.15) is 12.0 Å². The fraction of sp³-hybridized carbons (Fsp3) is 0.383. The van der Waals surface area contributed by atoms with Gasteiger partial charge in [-0.25, -0.2) is 4.39 Å². The van der Waals surface area contributed by atoms with Crippen LogP contribution in [0.3, 0.4) is 0 Å². The normalized spacial score (nSPS) is 18.7. The molecule has 13 nitrogen and oxygen atoms in total. The number of benzene rings is 3. The van der Waals surface area contributed by atoms with Crippen LogP contribution in [-0.4, -0.2) is 123 Å². The first-order valence-corrected chi connectivity index (χ1v) is 22.3. The van der Waals surface area contributed by atoms with E-state index in [1.807, 2.05) is 54.3 Å². The molecule has 6 heterocycles. The summed E-state index contributed by atoms with van der Waals surface area (Å²) in [4.78, 5) is 47.9. The number of aromatic nitrogens is 4. The third-order valence-electron chi connectivity index (χ3n) is 12.6. The second kappa shape index (κ2) is 17.5. The number of aryl methyl sites for hydroxylation is 2. The lowest BCUT2D eigenvalue weighted by Gasteiger charge is -2.36. The minimum atomic E-state index is -0.797. The number of para-hydroxylation sites is 1. The number of carbonyl (C=O) groups is 3. The summed E-state index contributed by atoms with van der Waals surface area (Å²) in [7, 11) is 5.34. The molecule has 0 bridgehead atoms. The summed E-state index contributed by atoms with van der Waals surface area (Å²) in [5, 5.41) is 23.3. The van der Waals surface area contributed by atoms with Crippen molar-refractivity contribution in [2.75, 3.05) is 64.8 Å². The van der Waals surface area contributed by atoms with Gasteiger partial charge in [0, 0.05) is 114 Å². The molecule has 3 aliphatic rings. The van der Waals surface area contributed by atoms with Crippen molar-refractivity contribution in [3.05, 3.63) is 107 Å². The van der Waals surface area contributed by atoms with Crippen molar-refractivity contribution in [1.82, 2.24) is 39.6 Å². The number of thiophene rings is 1. The average molecular weight is 858 g/mol. The van der Waals surface area contributed by atoms with Crippen LogP contribution in [0.1, 0.15) is 58.1 Å². The zero-order valence-corrected chi connectivity index (χ0v) is 36.2. The number of piperidine rings is 1. The lowest BCUT2D eigenvalue weighted by Crippen LogP contribution is -2.47. The van der Waals surface area contributed by atoms with Crippen LogP contribution >= 0.6 is 11.3 Å². The van der Waals surface area contributed by atoms with Crippen LogP contribution in [0.5, 0.6) is 0 Å². The summed E-state index contributed by atoms with van der Waals surface area (Å²) < 4.78 is 20.7. The lowest BCUT2D eigenvalue weighted by atomic mass is 9.92. The predicted octanol–water partition coefficient (Wildman–Crippen LogP) is 5.88. The van der Waals surface area contributed by atoms with Gasteiger partial charge in [-0.15, -0.1) is 11.3 Å². The van der Waals surface area contributed by atoms with Crippen molar-refractivity contribution in [3.8, 4) is 11.1 Å². The van der Waals surface area contributed by atoms with Crippen LogP contribution in [0.15, 0.2) is 79.1 Å². The van der Waals surface area contributed by atoms with E-state index in [4.69, 9.17) is 5.10 Å². The van der Waals surface area contributed by atoms with Gasteiger partial charge >= 0.3 is 0 Å². The minimum absolute atomic E-state index is 0.00539. The first kappa shape index (κ1) is 41.5. The fourth-order valence-corrected chi connectivity index (χ4v) is 10.4. The van der Waals surface area contributed by atoms with Crippen LogP contribution in [0.4, 0.5) is 10.1 Å². The van der Waals surface area contributed by atoms with Crippen molar-refractivity contribution in [1.29, 1.82) is 0 Å². The maximum atomic E-state index is 16.7. The smallest absolute Gasteiger partial charge is 0.263 e. The molecule has 15 heteroatoms. The number of hydrogen-bond donors (Lipinski definition) is 2. The standard InChI is InChI=1S/C47H52FN9O4S/c1-52(2)47(61)39-28-38-36(27-37(42(48)45(38)62-39)32-8-5-19-56(29-32)41(59)17-22-57-20-6-18-49-57)30-10-12-33(13-11-30)55-25-23-54(24-26-55)21-16-31-7-4-9-34-43(51-53(3)44(31)34)35-14-15-40(58)50-46(35)60/h4,6-13,18,20,27-28,35,40,58H,5,14-17,19,21-26,29H2,1-3H3,(H,50,60). The maximum absolute atomic E-state index is 16.7. The third-order valence-corrected chi connectivity index (χ3v) is 13.7. The number of aliphatic hydroxyl groups is 1. The number of fused-ring (bicyclic) bond motifs is 2. The Balaban J connectivity index is 0.894. The van der Waals surface area contributed by atoms with Gasteiger partial charge in [0.2, 0.25) is 11.8 Å². The molecule has 2 atom stereocenters. The minimum Gasteiger partial charge on any atom is -0.374 e. The van der Waals surface area contributed by atoms with E-state index in [-0.39, 0.29) is 29.5 Å². The van der Waals surface area contributed by atoms with Crippen molar-refractivity contribution in [2.45, 2.75) is 50.8 Å². The molecule has 3 aliphatic heterocycles. The number of halogens is 1. The molecule has 6 aromatic rings. The molecular formula is C47H52FN9O4S. The molecule has 0 saturated carbocycles. The average Bonchev–Trinajstić information content (AvgIpc) is 4.05. The molecule has 3 amide bonds. The number of carbonyl (C=O) groups excluding carboxylic acids is 3. The van der Waals surface area contributed by atoms with E-state index in [2.05, 4.69) is 50.5 Å². The van der Waals surface area contributed by atoms with E-state index in [0.29, 0.717) is 65.8 Å². The molecule has 9 rings (SSSR count). The fourth-order valence-electron chi connectivity index (χ4n) is 9.23. The lowest BCUT2D eigenvalue weighted by molar-refractivity contribution is -0.131. The number of anilines is 1. The molecule has 0 aliphatic carbocycles. The van der Waals surface area contributed by atoms with Crippen molar-refractivity contribution in [2.24, 2.45) is 7.05 Å². The molecule has 62 heavy (non-hydrogen) atoms. The van der Waals surface area contributed by atoms with Crippen LogP contribution in [0.25, 0.3) is 37.7 Å². The zero-order valence-electron chi connectivity index (χ0n) is 35.4. The highest BCUT2D eigenvalue weighted by molar-refractivity contribution is 7.21. The molecule has 3 aromatic heterocycles. The van der Waals surface area contributed by atoms with Gasteiger partial charge in [-0.1, -0.05) is 36.4 Å². The highest BCUT2D eigenvalue weighted by Crippen LogP contribution is 2.41. The number of amides is 3. The Morgan fingerprint density at radius 3 is 2.52 bits per heavy atom. The second-order valence-corrected chi connectivity index (χ2v) is 17.8. The summed E-state index contributed by atoms with van der Waals surface area (Å²) in [6.45, 7) is 5.85. The second-order valence-electron chi connectivity index (χ2n) is 16.8. The summed E-state index contributed by atoms with van der Waals surface area (Å²) in [6.07, 6.45) is 7.65. The van der Waals surface area contributed by atoms with E-state index in [1.165, 1.54) is 21.8 Å². The van der Waals surface area contributed by atoms with Gasteiger partial charge in [-0.05, 0) is 78.3 Å². The molecule has 2 N–H and O–H groups in total. The van der Waals surface area contributed by atoms with Gasteiger partial charge in [0.15, 0.2) is 0 Å². The van der Waals surface area contributed by atoms with Gasteiger partial charge in [-0.3, -0.25) is 28.6 Å². The van der Waals surface area contributed by atoms with Crippen LogP contribution in [-0.2, 0) is 29.6 Å². The first-order valence-electron chi connectivity index (χ1n) is 21.5. The van der Waals surface area contributed by atoms with Crippen molar-refractivity contribution in [3.63, 3.8) is 0 Å². The number of hydrogen-bond acceptors (Lipinski definition) is 9. The van der Waals surface area contributed by atoms with E-state index in [0.717, 1.165) is 78.1 Å². The number of piperazine rings is 1. The van der Waals surface area contributed by atoms with Gasteiger partial charge in [0.05, 0.1) is 26.7 Å². The quantitative estimate of drug-likeness (QED) is 0.166. The Hall–Kier alpha value is -5.90. The molecule has 2 saturated heterocycles. The van der Waals surface area contributed by atoms with Crippen LogP contribution in [0, 0.1) is 5.82 Å². The molecule has 322 valence electrons. The van der Waals surface area contributed by atoms with Crippen LogP contribution < -0.4 is 10.2 Å². The Morgan fingerprint density at radius 1 is 0.968 bits per heavy atom. The summed E-state index contributed by atoms with van der Waals surface area (Å²) in [5.41, 5.74) is 7.15. The Morgan fingerprint density at radius 2 is 1.77 bits per heavy atom. The van der Waals surface area contributed by atoms with Gasteiger partial charge < -0.3 is 25.1 Å².